The third-order valence-electron chi connectivity index (χ3n) is 6.00. The van der Waals surface area contributed by atoms with Gasteiger partial charge >= 0.3 is 0 Å². The quantitative estimate of drug-likeness (QED) is 0.911. The van der Waals surface area contributed by atoms with E-state index in [4.69, 9.17) is 0 Å². The van der Waals surface area contributed by atoms with Crippen molar-refractivity contribution < 1.29 is 9.59 Å². The highest BCUT2D eigenvalue weighted by atomic mass is 16.2. The lowest BCUT2D eigenvalue weighted by atomic mass is 9.77. The van der Waals surface area contributed by atoms with Gasteiger partial charge in [-0.25, -0.2) is 4.68 Å². The van der Waals surface area contributed by atoms with Crippen LogP contribution in [0.25, 0.3) is 0 Å². The molecule has 6 heteroatoms. The summed E-state index contributed by atoms with van der Waals surface area (Å²) in [5.74, 6) is 1.62. The molecule has 3 rings (SSSR count). The van der Waals surface area contributed by atoms with Crippen LogP contribution in [0, 0.1) is 17.8 Å². The molecule has 1 saturated carbocycles. The van der Waals surface area contributed by atoms with Crippen molar-refractivity contribution in [1.82, 2.24) is 14.7 Å². The van der Waals surface area contributed by atoms with Gasteiger partial charge in [0, 0.05) is 31.1 Å². The predicted molar refractivity (Wildman–Crippen MR) is 97.0 cm³/mol. The molecule has 0 unspecified atom stereocenters. The SMILES string of the molecule is CC(C)n1nccc1NC(=O)[C@@H]1CC(=O)N([C@H]2CCC[C@@H](C)[C@H]2C)C1. The minimum absolute atomic E-state index is 0.0743. The highest BCUT2D eigenvalue weighted by molar-refractivity contribution is 5.96. The number of nitrogens with one attached hydrogen (secondary N) is 1. The molecule has 138 valence electrons. The standard InChI is InChI=1S/C19H30N4O2/c1-12(2)23-17(8-9-20-23)21-19(25)15-10-18(24)22(11-15)16-7-5-6-13(3)14(16)4/h8-9,12-16H,5-7,10-11H2,1-4H3,(H,21,25)/t13-,14-,15-,16+/m1/s1. The number of likely N-dealkylation sites (tertiary alicyclic amines) is 1. The molecule has 1 aromatic rings. The molecule has 25 heavy (non-hydrogen) atoms. The minimum atomic E-state index is -0.271. The Hall–Kier alpha value is -1.85. The Balaban J connectivity index is 1.65. The zero-order valence-electron chi connectivity index (χ0n) is 15.7. The van der Waals surface area contributed by atoms with E-state index in [1.807, 2.05) is 18.7 Å². The highest BCUT2D eigenvalue weighted by Gasteiger charge is 2.41. The average molecular weight is 346 g/mol. The van der Waals surface area contributed by atoms with Gasteiger partial charge in [0.05, 0.1) is 12.1 Å². The van der Waals surface area contributed by atoms with Gasteiger partial charge < -0.3 is 10.2 Å². The van der Waals surface area contributed by atoms with Crippen LogP contribution in [0.5, 0.6) is 0 Å². The molecule has 1 saturated heterocycles. The first-order chi connectivity index (χ1) is 11.9. The summed E-state index contributed by atoms with van der Waals surface area (Å²) in [6.45, 7) is 9.11. The summed E-state index contributed by atoms with van der Waals surface area (Å²) in [7, 11) is 0. The molecule has 1 aliphatic carbocycles. The third kappa shape index (κ3) is 3.58. The van der Waals surface area contributed by atoms with Crippen LogP contribution in [0.3, 0.4) is 0 Å². The lowest BCUT2D eigenvalue weighted by molar-refractivity contribution is -0.131. The van der Waals surface area contributed by atoms with E-state index in [9.17, 15) is 9.59 Å². The molecular formula is C19H30N4O2. The molecule has 0 aromatic carbocycles. The summed E-state index contributed by atoms with van der Waals surface area (Å²) < 4.78 is 1.79. The van der Waals surface area contributed by atoms with E-state index in [0.29, 0.717) is 30.6 Å². The van der Waals surface area contributed by atoms with Gasteiger partial charge in [0.25, 0.3) is 0 Å². The fourth-order valence-electron chi connectivity index (χ4n) is 4.27. The van der Waals surface area contributed by atoms with Crippen LogP contribution in [-0.2, 0) is 9.59 Å². The van der Waals surface area contributed by atoms with Gasteiger partial charge in [0.2, 0.25) is 11.8 Å². The van der Waals surface area contributed by atoms with Crippen molar-refractivity contribution in [3.8, 4) is 0 Å². The minimum Gasteiger partial charge on any atom is -0.339 e. The van der Waals surface area contributed by atoms with Gasteiger partial charge in [-0.3, -0.25) is 9.59 Å². The van der Waals surface area contributed by atoms with Crippen molar-refractivity contribution in [1.29, 1.82) is 0 Å². The van der Waals surface area contributed by atoms with E-state index in [0.717, 1.165) is 6.42 Å². The van der Waals surface area contributed by atoms with Gasteiger partial charge in [-0.2, -0.15) is 5.10 Å². The number of carbonyl (C=O) groups excluding carboxylic acids is 2. The predicted octanol–water partition coefficient (Wildman–Crippen LogP) is 3.08. The number of rotatable bonds is 4. The number of hydrogen-bond donors (Lipinski definition) is 1. The van der Waals surface area contributed by atoms with Gasteiger partial charge in [-0.15, -0.1) is 0 Å². The molecule has 2 aliphatic rings. The molecule has 0 bridgehead atoms. The number of anilines is 1. The Morgan fingerprint density at radius 2 is 2.08 bits per heavy atom. The number of carbonyl (C=O) groups is 2. The largest absolute Gasteiger partial charge is 0.339 e. The van der Waals surface area contributed by atoms with Crippen molar-refractivity contribution in [2.45, 2.75) is 65.5 Å². The lowest BCUT2D eigenvalue weighted by Gasteiger charge is -2.40. The second-order valence-corrected chi connectivity index (χ2v) is 8.03. The molecule has 2 amide bonds. The molecule has 1 aromatic heterocycles. The molecule has 4 atom stereocenters. The average Bonchev–Trinajstić information content (AvgIpc) is 3.17. The van der Waals surface area contributed by atoms with E-state index < -0.39 is 0 Å². The topological polar surface area (TPSA) is 67.2 Å². The Morgan fingerprint density at radius 1 is 1.32 bits per heavy atom. The summed E-state index contributed by atoms with van der Waals surface area (Å²) in [5, 5.41) is 7.20. The second kappa shape index (κ2) is 7.18. The van der Waals surface area contributed by atoms with Crippen molar-refractivity contribution >= 4 is 17.6 Å². The van der Waals surface area contributed by atoms with Gasteiger partial charge in [-0.1, -0.05) is 26.7 Å². The normalized spacial score (nSPS) is 30.1. The molecule has 6 nitrogen and oxygen atoms in total. The summed E-state index contributed by atoms with van der Waals surface area (Å²) in [5.41, 5.74) is 0. The van der Waals surface area contributed by atoms with Gasteiger partial charge in [0.1, 0.15) is 5.82 Å². The van der Waals surface area contributed by atoms with Crippen molar-refractivity contribution in [3.63, 3.8) is 0 Å². The van der Waals surface area contributed by atoms with Crippen LogP contribution in [-0.4, -0.2) is 39.1 Å². The maximum Gasteiger partial charge on any atom is 0.230 e. The first kappa shape index (κ1) is 18.0. The molecular weight excluding hydrogens is 316 g/mol. The second-order valence-electron chi connectivity index (χ2n) is 8.03. The number of nitrogens with zero attached hydrogens (tertiary/aromatic N) is 3. The maximum absolute atomic E-state index is 12.7. The van der Waals surface area contributed by atoms with Crippen LogP contribution in [0.4, 0.5) is 5.82 Å². The van der Waals surface area contributed by atoms with Crippen LogP contribution < -0.4 is 5.32 Å². The smallest absolute Gasteiger partial charge is 0.230 e. The molecule has 0 radical (unpaired) electrons. The molecule has 0 spiro atoms. The molecule has 2 heterocycles. The van der Waals surface area contributed by atoms with Crippen LogP contribution in [0.2, 0.25) is 0 Å². The molecule has 2 fully saturated rings. The van der Waals surface area contributed by atoms with Crippen molar-refractivity contribution in [2.75, 3.05) is 11.9 Å². The van der Waals surface area contributed by atoms with E-state index in [1.54, 1.807) is 16.9 Å². The summed E-state index contributed by atoms with van der Waals surface area (Å²) in [6, 6.07) is 2.27. The molecule has 1 aliphatic heterocycles. The first-order valence-electron chi connectivity index (χ1n) is 9.52. The Bertz CT molecular complexity index is 639. The van der Waals surface area contributed by atoms with Crippen LogP contribution in [0.15, 0.2) is 12.3 Å². The Kier molecular flexibility index (Phi) is 5.16. The van der Waals surface area contributed by atoms with Crippen LogP contribution in [0.1, 0.15) is 59.4 Å². The lowest BCUT2D eigenvalue weighted by Crippen LogP contribution is -2.45. The molecule has 1 N–H and O–H groups in total. The first-order valence-corrected chi connectivity index (χ1v) is 9.52. The summed E-state index contributed by atoms with van der Waals surface area (Å²) in [4.78, 5) is 27.2. The van der Waals surface area contributed by atoms with Gasteiger partial charge in [0.15, 0.2) is 0 Å². The fourth-order valence-corrected chi connectivity index (χ4v) is 4.27. The zero-order valence-corrected chi connectivity index (χ0v) is 15.7. The van der Waals surface area contributed by atoms with E-state index in [2.05, 4.69) is 24.3 Å². The van der Waals surface area contributed by atoms with E-state index in [-0.39, 0.29) is 29.8 Å². The Labute approximate surface area is 149 Å². The fraction of sp³-hybridized carbons (Fsp3) is 0.737. The summed E-state index contributed by atoms with van der Waals surface area (Å²) >= 11 is 0. The third-order valence-corrected chi connectivity index (χ3v) is 6.00. The van der Waals surface area contributed by atoms with Crippen molar-refractivity contribution in [3.05, 3.63) is 12.3 Å². The van der Waals surface area contributed by atoms with Crippen LogP contribution >= 0.6 is 0 Å². The van der Waals surface area contributed by atoms with E-state index in [1.165, 1.54) is 12.8 Å². The van der Waals surface area contributed by atoms with Crippen molar-refractivity contribution in [2.24, 2.45) is 17.8 Å². The van der Waals surface area contributed by atoms with Gasteiger partial charge in [-0.05, 0) is 32.1 Å². The Morgan fingerprint density at radius 3 is 2.80 bits per heavy atom. The van der Waals surface area contributed by atoms with E-state index >= 15 is 0 Å². The monoisotopic (exact) mass is 346 g/mol. The number of hydrogen-bond acceptors (Lipinski definition) is 3. The number of aromatic nitrogens is 2. The zero-order chi connectivity index (χ0) is 18.1. The number of amides is 2. The highest BCUT2D eigenvalue weighted by Crippen LogP contribution is 2.36. The maximum atomic E-state index is 12.7. The summed E-state index contributed by atoms with van der Waals surface area (Å²) in [6.07, 6.45) is 5.48.